The molecule has 21 heavy (non-hydrogen) atoms. The monoisotopic (exact) mass is 288 g/mol. The van der Waals surface area contributed by atoms with Crippen molar-refractivity contribution in [1.29, 1.82) is 0 Å². The maximum Gasteiger partial charge on any atom is 0.259 e. The zero-order valence-electron chi connectivity index (χ0n) is 11.2. The Hall–Kier alpha value is -2.89. The molecule has 0 saturated heterocycles. The molecular weight excluding hydrogens is 275 g/mol. The van der Waals surface area contributed by atoms with Crippen LogP contribution in [0.2, 0.25) is 0 Å². The summed E-state index contributed by atoms with van der Waals surface area (Å²) >= 11 is 0. The van der Waals surface area contributed by atoms with Crippen LogP contribution >= 0.6 is 0 Å². The summed E-state index contributed by atoms with van der Waals surface area (Å²) in [5.41, 5.74) is 1.06. The zero-order chi connectivity index (χ0) is 15.4. The summed E-state index contributed by atoms with van der Waals surface area (Å²) in [7, 11) is 0. The Morgan fingerprint density at radius 1 is 1.00 bits per heavy atom. The van der Waals surface area contributed by atoms with Gasteiger partial charge < -0.3 is 15.7 Å². The highest BCUT2D eigenvalue weighted by atomic mass is 19.1. The summed E-state index contributed by atoms with van der Waals surface area (Å²) in [5.74, 6) is -1.80. The summed E-state index contributed by atoms with van der Waals surface area (Å²) in [4.78, 5) is 22.8. The highest BCUT2D eigenvalue weighted by molar-refractivity contribution is 6.06. The molecule has 0 bridgehead atoms. The van der Waals surface area contributed by atoms with E-state index in [0.29, 0.717) is 11.4 Å². The fraction of sp³-hybridized carbons (Fsp3) is 0.0667. The van der Waals surface area contributed by atoms with Gasteiger partial charge in [-0.05, 0) is 36.4 Å². The quantitative estimate of drug-likeness (QED) is 0.812. The number of carbonyl (C=O) groups is 2. The Balaban J connectivity index is 2.10. The molecule has 2 aromatic carbocycles. The zero-order valence-corrected chi connectivity index (χ0v) is 11.2. The van der Waals surface area contributed by atoms with Crippen molar-refractivity contribution in [2.45, 2.75) is 6.92 Å². The number of hydrogen-bond acceptors (Lipinski definition) is 3. The van der Waals surface area contributed by atoms with E-state index in [1.165, 1.54) is 13.0 Å². The van der Waals surface area contributed by atoms with E-state index in [9.17, 15) is 19.1 Å². The van der Waals surface area contributed by atoms with Gasteiger partial charge in [0.15, 0.2) is 0 Å². The van der Waals surface area contributed by atoms with Crippen LogP contribution in [0.25, 0.3) is 0 Å². The Kier molecular flexibility index (Phi) is 4.18. The minimum Gasteiger partial charge on any atom is -0.507 e. The predicted molar refractivity (Wildman–Crippen MR) is 76.8 cm³/mol. The lowest BCUT2D eigenvalue weighted by Gasteiger charge is -2.08. The van der Waals surface area contributed by atoms with E-state index in [2.05, 4.69) is 10.6 Å². The third kappa shape index (κ3) is 3.79. The second-order valence-corrected chi connectivity index (χ2v) is 4.37. The number of anilines is 2. The maximum absolute atomic E-state index is 12.9. The molecule has 0 atom stereocenters. The Morgan fingerprint density at radius 3 is 2.10 bits per heavy atom. The summed E-state index contributed by atoms with van der Waals surface area (Å²) in [5, 5.41) is 14.7. The van der Waals surface area contributed by atoms with Gasteiger partial charge in [0.2, 0.25) is 5.91 Å². The second-order valence-electron chi connectivity index (χ2n) is 4.37. The number of carbonyl (C=O) groups excluding carboxylic acids is 2. The van der Waals surface area contributed by atoms with Crippen LogP contribution in [0.1, 0.15) is 17.3 Å². The second kappa shape index (κ2) is 6.04. The van der Waals surface area contributed by atoms with Crippen molar-refractivity contribution in [2.24, 2.45) is 0 Å². The van der Waals surface area contributed by atoms with E-state index < -0.39 is 17.5 Å². The van der Waals surface area contributed by atoms with Crippen molar-refractivity contribution in [2.75, 3.05) is 10.6 Å². The minimum absolute atomic E-state index is 0.0256. The first-order valence-electron chi connectivity index (χ1n) is 6.13. The van der Waals surface area contributed by atoms with E-state index in [1.807, 2.05) is 0 Å². The summed E-state index contributed by atoms with van der Waals surface area (Å²) < 4.78 is 12.9. The number of rotatable bonds is 3. The smallest absolute Gasteiger partial charge is 0.259 e. The third-order valence-electron chi connectivity index (χ3n) is 2.67. The van der Waals surface area contributed by atoms with E-state index >= 15 is 0 Å². The lowest BCUT2D eigenvalue weighted by atomic mass is 10.1. The number of benzene rings is 2. The number of amides is 2. The van der Waals surface area contributed by atoms with Crippen LogP contribution in [0, 0.1) is 5.82 Å². The highest BCUT2D eigenvalue weighted by Crippen LogP contribution is 2.20. The lowest BCUT2D eigenvalue weighted by Crippen LogP contribution is -2.12. The molecule has 2 aromatic rings. The van der Waals surface area contributed by atoms with Gasteiger partial charge in [0.1, 0.15) is 11.6 Å². The molecule has 0 heterocycles. The molecule has 0 saturated carbocycles. The molecule has 2 amide bonds. The van der Waals surface area contributed by atoms with E-state index in [-0.39, 0.29) is 11.5 Å². The van der Waals surface area contributed by atoms with Gasteiger partial charge in [-0.1, -0.05) is 0 Å². The molecule has 0 aliphatic heterocycles. The molecule has 108 valence electrons. The molecule has 0 spiro atoms. The molecule has 6 heteroatoms. The number of nitrogens with one attached hydrogen (secondary N) is 2. The SMILES string of the molecule is CC(=O)Nc1ccc(NC(=O)c2ccc(F)cc2O)cc1. The fourth-order valence-corrected chi connectivity index (χ4v) is 1.74. The molecule has 0 fully saturated rings. The fourth-order valence-electron chi connectivity index (χ4n) is 1.74. The van der Waals surface area contributed by atoms with E-state index in [0.717, 1.165) is 12.1 Å². The van der Waals surface area contributed by atoms with Gasteiger partial charge in [-0.15, -0.1) is 0 Å². The van der Waals surface area contributed by atoms with Crippen molar-refractivity contribution >= 4 is 23.2 Å². The third-order valence-corrected chi connectivity index (χ3v) is 2.67. The topological polar surface area (TPSA) is 78.4 Å². The summed E-state index contributed by atoms with van der Waals surface area (Å²) in [6.07, 6.45) is 0. The lowest BCUT2D eigenvalue weighted by molar-refractivity contribution is -0.114. The van der Waals surface area contributed by atoms with Crippen LogP contribution in [0.5, 0.6) is 5.75 Å². The number of aromatic hydroxyl groups is 1. The van der Waals surface area contributed by atoms with Crippen LogP contribution in [0.15, 0.2) is 42.5 Å². The van der Waals surface area contributed by atoms with Crippen molar-refractivity contribution in [3.8, 4) is 5.75 Å². The molecule has 5 nitrogen and oxygen atoms in total. The molecular formula is C15H13FN2O3. The average Bonchev–Trinajstić information content (AvgIpc) is 2.40. The largest absolute Gasteiger partial charge is 0.507 e. The molecule has 0 aliphatic rings. The van der Waals surface area contributed by atoms with Crippen LogP contribution < -0.4 is 10.6 Å². The maximum atomic E-state index is 12.9. The van der Waals surface area contributed by atoms with Crippen molar-refractivity contribution in [1.82, 2.24) is 0 Å². The van der Waals surface area contributed by atoms with Crippen LogP contribution in [-0.4, -0.2) is 16.9 Å². The van der Waals surface area contributed by atoms with Crippen molar-refractivity contribution in [3.05, 3.63) is 53.8 Å². The first-order valence-corrected chi connectivity index (χ1v) is 6.13. The van der Waals surface area contributed by atoms with Gasteiger partial charge in [-0.2, -0.15) is 0 Å². The van der Waals surface area contributed by atoms with Crippen molar-refractivity contribution < 1.29 is 19.1 Å². The van der Waals surface area contributed by atoms with Gasteiger partial charge in [-0.25, -0.2) is 4.39 Å². The highest BCUT2D eigenvalue weighted by Gasteiger charge is 2.12. The number of phenols is 1. The summed E-state index contributed by atoms with van der Waals surface area (Å²) in [6.45, 7) is 1.40. The van der Waals surface area contributed by atoms with Crippen molar-refractivity contribution in [3.63, 3.8) is 0 Å². The van der Waals surface area contributed by atoms with E-state index in [1.54, 1.807) is 24.3 Å². The van der Waals surface area contributed by atoms with Gasteiger partial charge >= 0.3 is 0 Å². The van der Waals surface area contributed by atoms with E-state index in [4.69, 9.17) is 0 Å². The average molecular weight is 288 g/mol. The Bertz CT molecular complexity index is 684. The first kappa shape index (κ1) is 14.5. The van der Waals surface area contributed by atoms with Gasteiger partial charge in [-0.3, -0.25) is 9.59 Å². The van der Waals surface area contributed by atoms with Gasteiger partial charge in [0.05, 0.1) is 5.56 Å². The summed E-state index contributed by atoms with van der Waals surface area (Å²) in [6, 6.07) is 9.62. The molecule has 0 aliphatic carbocycles. The molecule has 0 aromatic heterocycles. The Labute approximate surface area is 120 Å². The number of halogens is 1. The van der Waals surface area contributed by atoms with Gasteiger partial charge in [0.25, 0.3) is 5.91 Å². The Morgan fingerprint density at radius 2 is 1.57 bits per heavy atom. The molecule has 0 radical (unpaired) electrons. The molecule has 3 N–H and O–H groups in total. The van der Waals surface area contributed by atoms with Crippen LogP contribution in [-0.2, 0) is 4.79 Å². The van der Waals surface area contributed by atoms with Crippen LogP contribution in [0.3, 0.4) is 0 Å². The predicted octanol–water partition coefficient (Wildman–Crippen LogP) is 2.74. The number of phenolic OH excluding ortho intramolecular Hbond substituents is 1. The van der Waals surface area contributed by atoms with Gasteiger partial charge in [0, 0.05) is 24.4 Å². The minimum atomic E-state index is -0.622. The van der Waals surface area contributed by atoms with Crippen LogP contribution in [0.4, 0.5) is 15.8 Å². The molecule has 0 unspecified atom stereocenters. The first-order chi connectivity index (χ1) is 9.95. The molecule has 2 rings (SSSR count). The standard InChI is InChI=1S/C15H13FN2O3/c1-9(19)17-11-3-5-12(6-4-11)18-15(21)13-7-2-10(16)8-14(13)20/h2-8,20H,1H3,(H,17,19)(H,18,21). The number of hydrogen-bond donors (Lipinski definition) is 3. The normalized spacial score (nSPS) is 10.0.